The fourth-order valence-corrected chi connectivity index (χ4v) is 4.58. The maximum Gasteiger partial charge on any atom is 0.167 e. The first-order valence-electron chi connectivity index (χ1n) is 9.80. The first kappa shape index (κ1) is 19.7. The van der Waals surface area contributed by atoms with Crippen molar-refractivity contribution in [3.63, 3.8) is 0 Å². The molecule has 0 atom stereocenters. The molecule has 0 spiro atoms. The van der Waals surface area contributed by atoms with Crippen LogP contribution in [0.4, 0.5) is 8.78 Å². The fourth-order valence-electron chi connectivity index (χ4n) is 3.95. The van der Waals surface area contributed by atoms with E-state index in [9.17, 15) is 8.78 Å². The Kier molecular flexibility index (Phi) is 4.95. The molecule has 5 aromatic carbocycles. The van der Waals surface area contributed by atoms with Crippen LogP contribution in [-0.2, 0) is 0 Å². The molecule has 0 aliphatic heterocycles. The van der Waals surface area contributed by atoms with Gasteiger partial charge in [0.05, 0.1) is 7.11 Å². The van der Waals surface area contributed by atoms with E-state index in [1.54, 1.807) is 37.5 Å². The summed E-state index contributed by atoms with van der Waals surface area (Å²) in [6.45, 7) is 0. The van der Waals surface area contributed by atoms with Crippen molar-refractivity contribution in [3.8, 4) is 5.75 Å². The molecule has 0 unspecified atom stereocenters. The summed E-state index contributed by atoms with van der Waals surface area (Å²) in [5.41, 5.74) is 1.09. The van der Waals surface area contributed by atoms with Crippen molar-refractivity contribution < 1.29 is 13.5 Å². The van der Waals surface area contributed by atoms with Crippen molar-refractivity contribution >= 4 is 60.4 Å². The predicted molar refractivity (Wildman–Crippen MR) is 128 cm³/mol. The Bertz CT molecular complexity index is 1500. The van der Waals surface area contributed by atoms with Crippen molar-refractivity contribution in [1.82, 2.24) is 0 Å². The summed E-state index contributed by atoms with van der Waals surface area (Å²) in [5, 5.41) is 4.85. The van der Waals surface area contributed by atoms with Gasteiger partial charge in [0.1, 0.15) is 5.75 Å². The smallest absolute Gasteiger partial charge is 0.167 e. The van der Waals surface area contributed by atoms with Crippen molar-refractivity contribution in [1.29, 1.82) is 0 Å². The van der Waals surface area contributed by atoms with Crippen molar-refractivity contribution in [2.45, 2.75) is 0 Å². The molecule has 0 aliphatic rings. The van der Waals surface area contributed by atoms with E-state index in [0.717, 1.165) is 37.3 Å². The zero-order valence-corrected chi connectivity index (χ0v) is 18.2. The Balaban J connectivity index is 1.67. The third kappa shape index (κ3) is 3.37. The molecule has 0 N–H and O–H groups in total. The van der Waals surface area contributed by atoms with Crippen LogP contribution in [0.5, 0.6) is 5.75 Å². The van der Waals surface area contributed by atoms with Gasteiger partial charge in [-0.25, -0.2) is 8.78 Å². The average Bonchev–Trinajstić information content (AvgIpc) is 2.81. The lowest BCUT2D eigenvalue weighted by molar-refractivity contribution is 0.415. The second-order valence-electron chi connectivity index (χ2n) is 7.36. The third-order valence-corrected chi connectivity index (χ3v) is 6.47. The van der Waals surface area contributed by atoms with E-state index in [-0.39, 0.29) is 10.9 Å². The van der Waals surface area contributed by atoms with Gasteiger partial charge in [-0.1, -0.05) is 66.7 Å². The van der Waals surface area contributed by atoms with Crippen LogP contribution in [-0.4, -0.2) is 7.11 Å². The first-order chi connectivity index (χ1) is 15.1. The molecule has 4 heteroatoms. The number of hydrogen-bond donors (Lipinski definition) is 0. The minimum absolute atomic E-state index is 0.202. The lowest BCUT2D eigenvalue weighted by atomic mass is 9.98. The highest BCUT2D eigenvalue weighted by molar-refractivity contribution is 9.10. The van der Waals surface area contributed by atoms with E-state index in [0.29, 0.717) is 5.39 Å². The second-order valence-corrected chi connectivity index (χ2v) is 8.16. The molecule has 0 amide bonds. The van der Waals surface area contributed by atoms with E-state index in [4.69, 9.17) is 4.74 Å². The number of rotatable bonds is 3. The Labute approximate surface area is 186 Å². The molecule has 5 rings (SSSR count). The van der Waals surface area contributed by atoms with Crippen molar-refractivity contribution in [2.75, 3.05) is 7.11 Å². The molecule has 0 fully saturated rings. The normalized spacial score (nSPS) is 11.7. The van der Waals surface area contributed by atoms with Gasteiger partial charge in [-0.2, -0.15) is 0 Å². The lowest BCUT2D eigenvalue weighted by Gasteiger charge is -2.10. The monoisotopic (exact) mass is 474 g/mol. The summed E-state index contributed by atoms with van der Waals surface area (Å²) in [5.74, 6) is -0.975. The molecule has 0 saturated carbocycles. The number of halogens is 3. The van der Waals surface area contributed by atoms with Crippen LogP contribution in [0.3, 0.4) is 0 Å². The van der Waals surface area contributed by atoms with E-state index in [1.807, 2.05) is 54.6 Å². The Morgan fingerprint density at radius 1 is 0.677 bits per heavy atom. The van der Waals surface area contributed by atoms with Crippen LogP contribution in [0.1, 0.15) is 11.1 Å². The zero-order chi connectivity index (χ0) is 21.5. The summed E-state index contributed by atoms with van der Waals surface area (Å²) < 4.78 is 35.9. The number of hydrogen-bond acceptors (Lipinski definition) is 1. The molecule has 0 heterocycles. The van der Waals surface area contributed by atoms with E-state index in [1.165, 1.54) is 0 Å². The highest BCUT2D eigenvalue weighted by Crippen LogP contribution is 2.34. The standard InChI is InChI=1S/C27H17BrF2O/c1-31-20-11-13-21-18(14-20)10-12-23-24(21)15-19(26(29)27(23)30)9-8-17-7-6-16-4-2-3-5-22(16)25(17)28/h2-15H,1H3/b9-8-. The minimum atomic E-state index is -0.853. The molecule has 0 bridgehead atoms. The maximum atomic E-state index is 14.9. The maximum absolute atomic E-state index is 14.9. The van der Waals surface area contributed by atoms with E-state index >= 15 is 0 Å². The SMILES string of the molecule is COc1ccc2c(ccc3c(F)c(F)c(/C=C\c4ccc5ccccc5c4Br)cc32)c1. The van der Waals surface area contributed by atoms with Gasteiger partial charge >= 0.3 is 0 Å². The Morgan fingerprint density at radius 3 is 2.26 bits per heavy atom. The highest BCUT2D eigenvalue weighted by atomic mass is 79.9. The van der Waals surface area contributed by atoms with Crippen LogP contribution >= 0.6 is 15.9 Å². The van der Waals surface area contributed by atoms with Crippen LogP contribution in [0.15, 0.2) is 77.3 Å². The predicted octanol–water partition coefficient (Wildman–Crippen LogP) is 8.37. The minimum Gasteiger partial charge on any atom is -0.497 e. The fraction of sp³-hybridized carbons (Fsp3) is 0.0370. The summed E-state index contributed by atoms with van der Waals surface area (Å²) in [6.07, 6.45) is 3.42. The average molecular weight is 475 g/mol. The molecule has 0 radical (unpaired) electrons. The topological polar surface area (TPSA) is 9.23 Å². The number of fused-ring (bicyclic) bond motifs is 4. The molecule has 5 aromatic rings. The second kappa shape index (κ2) is 7.78. The third-order valence-electron chi connectivity index (χ3n) is 5.59. The van der Waals surface area contributed by atoms with Crippen LogP contribution in [0.25, 0.3) is 44.5 Å². The molecular weight excluding hydrogens is 458 g/mol. The van der Waals surface area contributed by atoms with Gasteiger partial charge in [-0.15, -0.1) is 0 Å². The summed E-state index contributed by atoms with van der Waals surface area (Å²) >= 11 is 3.64. The summed E-state index contributed by atoms with van der Waals surface area (Å²) in [4.78, 5) is 0. The summed E-state index contributed by atoms with van der Waals surface area (Å²) in [6, 6.07) is 22.7. The van der Waals surface area contributed by atoms with E-state index in [2.05, 4.69) is 15.9 Å². The largest absolute Gasteiger partial charge is 0.497 e. The number of ether oxygens (including phenoxy) is 1. The summed E-state index contributed by atoms with van der Waals surface area (Å²) in [7, 11) is 1.60. The molecule has 152 valence electrons. The molecule has 1 nitrogen and oxygen atoms in total. The number of benzene rings is 5. The first-order valence-corrected chi connectivity index (χ1v) is 10.6. The molecule has 0 aromatic heterocycles. The van der Waals surface area contributed by atoms with Gasteiger partial charge in [0, 0.05) is 15.4 Å². The van der Waals surface area contributed by atoms with Crippen molar-refractivity contribution in [2.24, 2.45) is 0 Å². The van der Waals surface area contributed by atoms with Crippen LogP contribution < -0.4 is 4.74 Å². The lowest BCUT2D eigenvalue weighted by Crippen LogP contribution is -1.93. The zero-order valence-electron chi connectivity index (χ0n) is 16.6. The van der Waals surface area contributed by atoms with Gasteiger partial charge in [0.25, 0.3) is 0 Å². The van der Waals surface area contributed by atoms with Crippen LogP contribution in [0.2, 0.25) is 0 Å². The molecule has 0 saturated heterocycles. The van der Waals surface area contributed by atoms with Crippen molar-refractivity contribution in [3.05, 3.63) is 100 Å². The molecule has 0 aliphatic carbocycles. The van der Waals surface area contributed by atoms with E-state index < -0.39 is 11.6 Å². The van der Waals surface area contributed by atoms with Gasteiger partial charge < -0.3 is 4.74 Å². The van der Waals surface area contributed by atoms with Gasteiger partial charge in [-0.3, -0.25) is 0 Å². The number of methoxy groups -OCH3 is 1. The molecule has 31 heavy (non-hydrogen) atoms. The Morgan fingerprint density at radius 2 is 1.42 bits per heavy atom. The van der Waals surface area contributed by atoms with Gasteiger partial charge in [-0.05, 0) is 66.6 Å². The molecular formula is C27H17BrF2O. The quantitative estimate of drug-likeness (QED) is 0.188. The Hall–Kier alpha value is -3.24. The van der Waals surface area contributed by atoms with Gasteiger partial charge in [0.15, 0.2) is 11.6 Å². The van der Waals surface area contributed by atoms with Gasteiger partial charge in [0.2, 0.25) is 0 Å². The van der Waals surface area contributed by atoms with Crippen LogP contribution in [0, 0.1) is 11.6 Å². The highest BCUT2D eigenvalue weighted by Gasteiger charge is 2.14.